The van der Waals surface area contributed by atoms with Gasteiger partial charge in [-0.25, -0.2) is 0 Å². The van der Waals surface area contributed by atoms with E-state index in [9.17, 15) is 9.82 Å². The number of hydrogen-bond acceptors (Lipinski definition) is 4. The Hall–Kier alpha value is -0.845. The average molecular weight is 249 g/mol. The van der Waals surface area contributed by atoms with Gasteiger partial charge in [-0.1, -0.05) is 12.2 Å². The summed E-state index contributed by atoms with van der Waals surface area (Å²) in [6, 6.07) is -0.0660. The standard InChI is InChI=1S/C12H20BN3O2/c14-11-8-4-3-7(6-8)10(11)12(17)16-5-1-2-9(16)13(15)18/h3-4,7-11,18H,1-2,5-6,14-15H2/t7-,8+,9-,10-,11+/m0/s1. The van der Waals surface area contributed by atoms with Gasteiger partial charge in [-0.3, -0.25) is 4.79 Å². The zero-order valence-corrected chi connectivity index (χ0v) is 10.4. The highest BCUT2D eigenvalue weighted by Crippen LogP contribution is 2.44. The van der Waals surface area contributed by atoms with Gasteiger partial charge in [0, 0.05) is 12.6 Å². The second-order valence-corrected chi connectivity index (χ2v) is 5.78. The molecule has 6 heteroatoms. The number of rotatable bonds is 2. The van der Waals surface area contributed by atoms with Gasteiger partial charge in [0.25, 0.3) is 0 Å². The van der Waals surface area contributed by atoms with E-state index >= 15 is 0 Å². The molecule has 1 saturated carbocycles. The van der Waals surface area contributed by atoms with Gasteiger partial charge in [0.2, 0.25) is 5.91 Å². The van der Waals surface area contributed by atoms with Gasteiger partial charge in [-0.2, -0.15) is 0 Å². The van der Waals surface area contributed by atoms with E-state index in [1.165, 1.54) is 0 Å². The van der Waals surface area contributed by atoms with Gasteiger partial charge in [0.05, 0.1) is 11.9 Å². The maximum absolute atomic E-state index is 12.6. The van der Waals surface area contributed by atoms with Crippen molar-refractivity contribution < 1.29 is 9.82 Å². The van der Waals surface area contributed by atoms with Gasteiger partial charge in [0.1, 0.15) is 0 Å². The van der Waals surface area contributed by atoms with Crippen molar-refractivity contribution in [3.63, 3.8) is 0 Å². The summed E-state index contributed by atoms with van der Waals surface area (Å²) in [5.74, 6) is 0.389. The Bertz CT molecular complexity index is 388. The van der Waals surface area contributed by atoms with E-state index < -0.39 is 7.05 Å². The highest BCUT2D eigenvalue weighted by Gasteiger charge is 2.49. The summed E-state index contributed by atoms with van der Waals surface area (Å²) in [4.78, 5) is 14.4. The minimum Gasteiger partial charge on any atom is -0.436 e. The van der Waals surface area contributed by atoms with Crippen LogP contribution in [0.15, 0.2) is 12.2 Å². The molecule has 3 aliphatic rings. The second-order valence-electron chi connectivity index (χ2n) is 5.78. The van der Waals surface area contributed by atoms with Crippen LogP contribution in [0, 0.1) is 17.8 Å². The van der Waals surface area contributed by atoms with E-state index in [-0.39, 0.29) is 29.7 Å². The highest BCUT2D eigenvalue weighted by atomic mass is 16.2. The maximum atomic E-state index is 12.6. The lowest BCUT2D eigenvalue weighted by atomic mass is 9.73. The zero-order valence-electron chi connectivity index (χ0n) is 10.4. The summed E-state index contributed by atoms with van der Waals surface area (Å²) in [7, 11) is -0.943. The topological polar surface area (TPSA) is 92.6 Å². The van der Waals surface area contributed by atoms with Crippen molar-refractivity contribution in [1.29, 1.82) is 0 Å². The molecule has 1 amide bonds. The Balaban J connectivity index is 1.77. The minimum absolute atomic E-state index is 0.0660. The van der Waals surface area contributed by atoms with Crippen molar-refractivity contribution in [3.8, 4) is 0 Å². The largest absolute Gasteiger partial charge is 0.436 e. The number of hydrogen-bond donors (Lipinski definition) is 3. The van der Waals surface area contributed by atoms with Crippen LogP contribution in [0.5, 0.6) is 0 Å². The first-order valence-corrected chi connectivity index (χ1v) is 6.77. The number of amides is 1. The normalized spacial score (nSPS) is 41.7. The molecule has 3 rings (SSSR count). The van der Waals surface area contributed by atoms with Crippen LogP contribution in [0.2, 0.25) is 0 Å². The number of carbonyl (C=O) groups excluding carboxylic acids is 1. The Morgan fingerprint density at radius 2 is 2.11 bits per heavy atom. The molecular weight excluding hydrogens is 229 g/mol. The molecule has 0 aromatic carbocycles. The van der Waals surface area contributed by atoms with Crippen LogP contribution in [0.1, 0.15) is 19.3 Å². The molecular formula is C12H20BN3O2. The third-order valence-corrected chi connectivity index (χ3v) is 4.78. The molecule has 2 aliphatic carbocycles. The first kappa shape index (κ1) is 12.2. The van der Waals surface area contributed by atoms with E-state index in [1.54, 1.807) is 4.90 Å². The Morgan fingerprint density at radius 1 is 1.39 bits per heavy atom. The Labute approximate surface area is 107 Å². The fraction of sp³-hybridized carbons (Fsp3) is 0.750. The van der Waals surface area contributed by atoms with Crippen LogP contribution in [0.4, 0.5) is 0 Å². The van der Waals surface area contributed by atoms with Gasteiger partial charge in [-0.05, 0) is 31.1 Å². The summed E-state index contributed by atoms with van der Waals surface area (Å²) >= 11 is 0. The molecule has 1 heterocycles. The van der Waals surface area contributed by atoms with Gasteiger partial charge in [0.15, 0.2) is 0 Å². The minimum atomic E-state index is -0.943. The maximum Gasteiger partial charge on any atom is 0.398 e. The SMILES string of the molecule is NB(O)[C@@H]1CCCN1C(=O)[C@@H]1[C@H](N)[C@@H]2C=C[C@H]1C2. The number of carbonyl (C=O) groups is 1. The van der Waals surface area contributed by atoms with Crippen molar-refractivity contribution in [3.05, 3.63) is 12.2 Å². The summed E-state index contributed by atoms with van der Waals surface area (Å²) < 4.78 is 0. The molecule has 0 aromatic rings. The van der Waals surface area contributed by atoms with E-state index in [0.717, 1.165) is 19.3 Å². The van der Waals surface area contributed by atoms with Gasteiger partial charge < -0.3 is 21.3 Å². The van der Waals surface area contributed by atoms with Crippen LogP contribution < -0.4 is 11.4 Å². The molecule has 98 valence electrons. The van der Waals surface area contributed by atoms with E-state index in [2.05, 4.69) is 12.2 Å². The summed E-state index contributed by atoms with van der Waals surface area (Å²) in [6.07, 6.45) is 6.96. The third-order valence-electron chi connectivity index (χ3n) is 4.78. The molecule has 2 fully saturated rings. The van der Waals surface area contributed by atoms with Crippen LogP contribution in [-0.4, -0.2) is 41.4 Å². The van der Waals surface area contributed by atoms with Crippen LogP contribution in [-0.2, 0) is 4.79 Å². The van der Waals surface area contributed by atoms with E-state index in [0.29, 0.717) is 12.5 Å². The van der Waals surface area contributed by atoms with E-state index in [1.807, 2.05) is 0 Å². The van der Waals surface area contributed by atoms with Crippen molar-refractivity contribution in [2.45, 2.75) is 31.2 Å². The summed E-state index contributed by atoms with van der Waals surface area (Å²) in [5.41, 5.74) is 11.7. The first-order chi connectivity index (χ1) is 8.59. The Kier molecular flexibility index (Phi) is 2.96. The molecule has 5 nitrogen and oxygen atoms in total. The fourth-order valence-corrected chi connectivity index (χ4v) is 3.82. The molecule has 0 radical (unpaired) electrons. The van der Waals surface area contributed by atoms with Gasteiger partial charge in [-0.15, -0.1) is 0 Å². The highest BCUT2D eigenvalue weighted by molar-refractivity contribution is 6.48. The molecule has 5 atom stereocenters. The molecule has 0 aromatic heterocycles. The second kappa shape index (κ2) is 4.37. The summed E-state index contributed by atoms with van der Waals surface area (Å²) in [5, 5.41) is 9.55. The molecule has 1 saturated heterocycles. The van der Waals surface area contributed by atoms with Crippen molar-refractivity contribution in [2.75, 3.05) is 6.54 Å². The Morgan fingerprint density at radius 3 is 2.72 bits per heavy atom. The monoisotopic (exact) mass is 249 g/mol. The number of nitrogens with zero attached hydrogens (tertiary/aromatic N) is 1. The predicted molar refractivity (Wildman–Crippen MR) is 69.1 cm³/mol. The summed E-state index contributed by atoms with van der Waals surface area (Å²) in [6.45, 7) is 0.697. The molecule has 1 aliphatic heterocycles. The number of allylic oxidation sites excluding steroid dienone is 1. The zero-order chi connectivity index (χ0) is 12.9. The first-order valence-electron chi connectivity index (χ1n) is 6.77. The van der Waals surface area contributed by atoms with Crippen molar-refractivity contribution in [2.24, 2.45) is 29.1 Å². The predicted octanol–water partition coefficient (Wildman–Crippen LogP) is -0.895. The smallest absolute Gasteiger partial charge is 0.398 e. The lowest BCUT2D eigenvalue weighted by molar-refractivity contribution is -0.136. The van der Waals surface area contributed by atoms with Crippen LogP contribution in [0.25, 0.3) is 0 Å². The average Bonchev–Trinajstić information content (AvgIpc) is 3.03. The fourth-order valence-electron chi connectivity index (χ4n) is 3.82. The molecule has 18 heavy (non-hydrogen) atoms. The van der Waals surface area contributed by atoms with Crippen LogP contribution >= 0.6 is 0 Å². The molecule has 2 bridgehead atoms. The van der Waals surface area contributed by atoms with E-state index in [4.69, 9.17) is 11.4 Å². The molecule has 0 spiro atoms. The van der Waals surface area contributed by atoms with Crippen molar-refractivity contribution >= 4 is 13.0 Å². The van der Waals surface area contributed by atoms with Crippen molar-refractivity contribution in [1.82, 2.24) is 4.90 Å². The number of likely N-dealkylation sites (tertiary alicyclic amines) is 1. The molecule has 5 N–H and O–H groups in total. The third kappa shape index (κ3) is 1.71. The quantitative estimate of drug-likeness (QED) is 0.437. The lowest BCUT2D eigenvalue weighted by Crippen LogP contribution is -2.54. The number of fused-ring (bicyclic) bond motifs is 2. The van der Waals surface area contributed by atoms with Gasteiger partial charge >= 0.3 is 7.05 Å². The van der Waals surface area contributed by atoms with Crippen LogP contribution in [0.3, 0.4) is 0 Å². The number of nitrogens with two attached hydrogens (primary N) is 2. The lowest BCUT2D eigenvalue weighted by Gasteiger charge is -2.32. The molecule has 0 unspecified atom stereocenters.